The molecule has 0 bridgehead atoms. The predicted octanol–water partition coefficient (Wildman–Crippen LogP) is 4.21. The van der Waals surface area contributed by atoms with Gasteiger partial charge >= 0.3 is 0 Å². The van der Waals surface area contributed by atoms with Gasteiger partial charge in [0, 0.05) is 45.2 Å². The van der Waals surface area contributed by atoms with Crippen LogP contribution in [-0.4, -0.2) is 51.4 Å². The maximum atomic E-state index is 13.2. The minimum Gasteiger partial charge on any atom is -0.340 e. The molecule has 0 atom stereocenters. The molecule has 7 heteroatoms. The summed E-state index contributed by atoms with van der Waals surface area (Å²) >= 11 is 5.48. The van der Waals surface area contributed by atoms with Crippen molar-refractivity contribution in [2.45, 2.75) is 38.8 Å². The number of hydrogen-bond acceptors (Lipinski definition) is 4. The molecule has 1 saturated carbocycles. The summed E-state index contributed by atoms with van der Waals surface area (Å²) in [6, 6.07) is 18.0. The molecule has 1 aromatic heterocycles. The van der Waals surface area contributed by atoms with Gasteiger partial charge in [0.25, 0.3) is 5.56 Å². The van der Waals surface area contributed by atoms with Gasteiger partial charge in [-0.3, -0.25) is 19.1 Å². The summed E-state index contributed by atoms with van der Waals surface area (Å²) in [6.45, 7) is 5.06. The first-order chi connectivity index (χ1) is 16.6. The molecular weight excluding hydrogens is 444 g/mol. The SMILES string of the molecule is O=C(C1CCC(Cn2c(=S)[nH]c3ccccc3c2=O)CC1)N1CCN(Cc2ccccc2)CC1. The number of amides is 1. The van der Waals surface area contributed by atoms with Crippen LogP contribution < -0.4 is 5.56 Å². The fraction of sp³-hybridized carbons (Fsp3) is 0.444. The summed E-state index contributed by atoms with van der Waals surface area (Å²) in [5.41, 5.74) is 2.09. The molecule has 1 saturated heterocycles. The Labute approximate surface area is 205 Å². The molecule has 1 amide bonds. The molecule has 0 spiro atoms. The van der Waals surface area contributed by atoms with Gasteiger partial charge in [0.05, 0.1) is 10.9 Å². The molecule has 0 radical (unpaired) electrons. The molecule has 1 aliphatic heterocycles. The Balaban J connectivity index is 1.13. The Morgan fingerprint density at radius 2 is 1.59 bits per heavy atom. The summed E-state index contributed by atoms with van der Waals surface area (Å²) in [6.07, 6.45) is 3.70. The van der Waals surface area contributed by atoms with Crippen molar-refractivity contribution in [2.24, 2.45) is 11.8 Å². The number of carbonyl (C=O) groups excluding carboxylic acids is 1. The zero-order valence-electron chi connectivity index (χ0n) is 19.5. The van der Waals surface area contributed by atoms with Crippen LogP contribution in [0.25, 0.3) is 10.9 Å². The second kappa shape index (κ2) is 10.2. The second-order valence-electron chi connectivity index (χ2n) is 9.70. The molecule has 1 aliphatic carbocycles. The number of aromatic nitrogens is 2. The quantitative estimate of drug-likeness (QED) is 0.561. The van der Waals surface area contributed by atoms with E-state index >= 15 is 0 Å². The molecule has 0 unspecified atom stereocenters. The van der Waals surface area contributed by atoms with Crippen LogP contribution in [0.4, 0.5) is 0 Å². The number of piperazine rings is 1. The summed E-state index contributed by atoms with van der Waals surface area (Å²) in [4.78, 5) is 33.8. The van der Waals surface area contributed by atoms with Crippen molar-refractivity contribution in [3.05, 3.63) is 75.3 Å². The number of fused-ring (bicyclic) bond motifs is 1. The molecule has 5 rings (SSSR count). The Kier molecular flexibility index (Phi) is 6.92. The number of carbonyl (C=O) groups is 1. The lowest BCUT2D eigenvalue weighted by Gasteiger charge is -2.38. The number of nitrogens with one attached hydrogen (secondary N) is 1. The highest BCUT2D eigenvalue weighted by Gasteiger charge is 2.31. The van der Waals surface area contributed by atoms with Crippen LogP contribution in [0.3, 0.4) is 0 Å². The predicted molar refractivity (Wildman–Crippen MR) is 137 cm³/mol. The fourth-order valence-corrected chi connectivity index (χ4v) is 5.71. The maximum absolute atomic E-state index is 13.2. The number of rotatable bonds is 5. The highest BCUT2D eigenvalue weighted by molar-refractivity contribution is 7.71. The van der Waals surface area contributed by atoms with Crippen molar-refractivity contribution >= 4 is 29.0 Å². The lowest BCUT2D eigenvalue weighted by molar-refractivity contribution is -0.138. The van der Waals surface area contributed by atoms with Crippen molar-refractivity contribution in [1.82, 2.24) is 19.4 Å². The fourth-order valence-electron chi connectivity index (χ4n) is 5.44. The second-order valence-corrected chi connectivity index (χ2v) is 10.1. The first kappa shape index (κ1) is 23.0. The largest absolute Gasteiger partial charge is 0.340 e. The summed E-state index contributed by atoms with van der Waals surface area (Å²) in [5, 5.41) is 0.673. The smallest absolute Gasteiger partial charge is 0.262 e. The van der Waals surface area contributed by atoms with E-state index in [0.717, 1.165) is 63.9 Å². The molecule has 3 aromatic rings. The van der Waals surface area contributed by atoms with E-state index in [4.69, 9.17) is 12.2 Å². The van der Waals surface area contributed by atoms with E-state index in [2.05, 4.69) is 39.0 Å². The minimum atomic E-state index is -0.0223. The van der Waals surface area contributed by atoms with Crippen LogP contribution in [0.2, 0.25) is 0 Å². The number of nitrogens with zero attached hydrogens (tertiary/aromatic N) is 3. The molecule has 2 aromatic carbocycles. The number of benzene rings is 2. The Bertz CT molecular complexity index is 1250. The molecule has 34 heavy (non-hydrogen) atoms. The number of para-hydroxylation sites is 1. The number of aromatic amines is 1. The number of hydrogen-bond donors (Lipinski definition) is 1. The third kappa shape index (κ3) is 5.00. The monoisotopic (exact) mass is 476 g/mol. The Hall–Kier alpha value is -2.77. The van der Waals surface area contributed by atoms with Gasteiger partial charge in [0.1, 0.15) is 0 Å². The summed E-state index contributed by atoms with van der Waals surface area (Å²) in [7, 11) is 0. The topological polar surface area (TPSA) is 61.3 Å². The molecular formula is C27H32N4O2S. The van der Waals surface area contributed by atoms with E-state index < -0.39 is 0 Å². The zero-order chi connectivity index (χ0) is 23.5. The standard InChI is InChI=1S/C27H32N4O2S/c32-25(30-16-14-29(15-17-30)18-20-6-2-1-3-7-20)22-12-10-21(11-13-22)19-31-26(33)23-8-4-5-9-24(23)28-27(31)34/h1-9,21-22H,10-19H2,(H,28,34). The number of H-pyrrole nitrogens is 1. The summed E-state index contributed by atoms with van der Waals surface area (Å²) in [5.74, 6) is 0.804. The molecule has 2 heterocycles. The van der Waals surface area contributed by atoms with Crippen LogP contribution in [0.5, 0.6) is 0 Å². The highest BCUT2D eigenvalue weighted by atomic mass is 32.1. The van der Waals surface area contributed by atoms with E-state index in [-0.39, 0.29) is 11.5 Å². The normalized spacial score (nSPS) is 21.6. The van der Waals surface area contributed by atoms with Gasteiger partial charge in [0.15, 0.2) is 4.77 Å². The Morgan fingerprint density at radius 3 is 2.32 bits per heavy atom. The van der Waals surface area contributed by atoms with Crippen molar-refractivity contribution in [3.63, 3.8) is 0 Å². The molecule has 178 valence electrons. The van der Waals surface area contributed by atoms with E-state index in [0.29, 0.717) is 28.5 Å². The van der Waals surface area contributed by atoms with Gasteiger partial charge in [0.2, 0.25) is 5.91 Å². The minimum absolute atomic E-state index is 0.0223. The van der Waals surface area contributed by atoms with Crippen molar-refractivity contribution in [1.29, 1.82) is 0 Å². The van der Waals surface area contributed by atoms with Crippen LogP contribution >= 0.6 is 12.2 Å². The van der Waals surface area contributed by atoms with Crippen LogP contribution in [0.1, 0.15) is 31.2 Å². The average molecular weight is 477 g/mol. The zero-order valence-corrected chi connectivity index (χ0v) is 20.3. The van der Waals surface area contributed by atoms with Crippen molar-refractivity contribution in [3.8, 4) is 0 Å². The van der Waals surface area contributed by atoms with Gasteiger partial charge in [-0.1, -0.05) is 42.5 Å². The van der Waals surface area contributed by atoms with E-state index in [1.165, 1.54) is 5.56 Å². The lowest BCUT2D eigenvalue weighted by atomic mass is 9.81. The lowest BCUT2D eigenvalue weighted by Crippen LogP contribution is -2.50. The van der Waals surface area contributed by atoms with Gasteiger partial charge < -0.3 is 9.88 Å². The third-order valence-electron chi connectivity index (χ3n) is 7.46. The first-order valence-corrected chi connectivity index (χ1v) is 12.8. The third-order valence-corrected chi connectivity index (χ3v) is 7.78. The molecule has 6 nitrogen and oxygen atoms in total. The summed E-state index contributed by atoms with van der Waals surface area (Å²) < 4.78 is 2.19. The van der Waals surface area contributed by atoms with Crippen LogP contribution in [0.15, 0.2) is 59.4 Å². The maximum Gasteiger partial charge on any atom is 0.262 e. The van der Waals surface area contributed by atoms with Gasteiger partial charge in [-0.25, -0.2) is 0 Å². The van der Waals surface area contributed by atoms with Crippen molar-refractivity contribution < 1.29 is 4.79 Å². The highest BCUT2D eigenvalue weighted by Crippen LogP contribution is 2.31. The molecule has 2 fully saturated rings. The van der Waals surface area contributed by atoms with Crippen molar-refractivity contribution in [2.75, 3.05) is 26.2 Å². The molecule has 2 aliphatic rings. The van der Waals surface area contributed by atoms with Gasteiger partial charge in [-0.2, -0.15) is 0 Å². The Morgan fingerprint density at radius 1 is 0.912 bits per heavy atom. The van der Waals surface area contributed by atoms with E-state index in [1.54, 1.807) is 4.57 Å². The molecule has 1 N–H and O–H groups in total. The first-order valence-electron chi connectivity index (χ1n) is 12.4. The van der Waals surface area contributed by atoms with Crippen LogP contribution in [0, 0.1) is 16.6 Å². The van der Waals surface area contributed by atoms with Crippen LogP contribution in [-0.2, 0) is 17.9 Å². The van der Waals surface area contributed by atoms with E-state index in [1.807, 2.05) is 30.3 Å². The van der Waals surface area contributed by atoms with E-state index in [9.17, 15) is 9.59 Å². The van der Waals surface area contributed by atoms with Gasteiger partial charge in [-0.05, 0) is 61.5 Å². The van der Waals surface area contributed by atoms with Gasteiger partial charge in [-0.15, -0.1) is 0 Å². The average Bonchev–Trinajstić information content (AvgIpc) is 2.88.